The molecule has 6 heteroatoms. The number of urea groups is 1. The van der Waals surface area contributed by atoms with Crippen LogP contribution in [-0.2, 0) is 6.54 Å². The normalized spacial score (nSPS) is 25.6. The molecule has 25 heavy (non-hydrogen) atoms. The van der Waals surface area contributed by atoms with E-state index in [9.17, 15) is 4.79 Å². The van der Waals surface area contributed by atoms with Crippen LogP contribution in [0.1, 0.15) is 75.8 Å². The summed E-state index contributed by atoms with van der Waals surface area (Å²) in [5.74, 6) is 1.14. The van der Waals surface area contributed by atoms with E-state index in [2.05, 4.69) is 21.8 Å². The zero-order chi connectivity index (χ0) is 17.1. The van der Waals surface area contributed by atoms with Crippen molar-refractivity contribution in [3.63, 3.8) is 0 Å². The quantitative estimate of drug-likeness (QED) is 0.852. The lowest BCUT2D eigenvalue weighted by Crippen LogP contribution is -2.49. The van der Waals surface area contributed by atoms with E-state index in [1.807, 2.05) is 9.58 Å². The van der Waals surface area contributed by atoms with Crippen molar-refractivity contribution in [3.8, 4) is 0 Å². The summed E-state index contributed by atoms with van der Waals surface area (Å²) < 4.78 is 1.99. The molecule has 0 aromatic carbocycles. The maximum Gasteiger partial charge on any atom is 0.317 e. The third-order valence-corrected chi connectivity index (χ3v) is 5.99. The van der Waals surface area contributed by atoms with Crippen molar-refractivity contribution in [2.75, 3.05) is 13.1 Å². The number of amides is 2. The van der Waals surface area contributed by atoms with Crippen molar-refractivity contribution < 1.29 is 4.79 Å². The van der Waals surface area contributed by atoms with Crippen LogP contribution in [0.15, 0.2) is 6.20 Å². The van der Waals surface area contributed by atoms with Crippen molar-refractivity contribution in [1.29, 1.82) is 0 Å². The Morgan fingerprint density at radius 2 is 1.88 bits per heavy atom. The van der Waals surface area contributed by atoms with Crippen LogP contribution >= 0.6 is 0 Å². The summed E-state index contributed by atoms with van der Waals surface area (Å²) in [4.78, 5) is 14.7. The van der Waals surface area contributed by atoms with Gasteiger partial charge in [-0.15, -0.1) is 5.10 Å². The van der Waals surface area contributed by atoms with Gasteiger partial charge in [-0.2, -0.15) is 0 Å². The van der Waals surface area contributed by atoms with Gasteiger partial charge >= 0.3 is 6.03 Å². The Labute approximate surface area is 150 Å². The predicted molar refractivity (Wildman–Crippen MR) is 96.3 cm³/mol. The van der Waals surface area contributed by atoms with Gasteiger partial charge in [0.25, 0.3) is 0 Å². The predicted octanol–water partition coefficient (Wildman–Crippen LogP) is 3.30. The van der Waals surface area contributed by atoms with E-state index in [1.54, 1.807) is 0 Å². The molecule has 3 aliphatic rings. The monoisotopic (exact) mass is 345 g/mol. The van der Waals surface area contributed by atoms with Gasteiger partial charge < -0.3 is 10.2 Å². The second-order valence-electron chi connectivity index (χ2n) is 8.23. The van der Waals surface area contributed by atoms with Gasteiger partial charge in [0, 0.05) is 37.8 Å². The molecule has 1 aromatic heterocycles. The zero-order valence-electron chi connectivity index (χ0n) is 15.2. The summed E-state index contributed by atoms with van der Waals surface area (Å²) in [6, 6.07) is 0.528. The number of aromatic nitrogens is 3. The molecule has 0 spiro atoms. The van der Waals surface area contributed by atoms with E-state index in [0.717, 1.165) is 44.6 Å². The van der Waals surface area contributed by atoms with Gasteiger partial charge in [-0.3, -0.25) is 4.68 Å². The summed E-state index contributed by atoms with van der Waals surface area (Å²) in [5, 5.41) is 11.9. The summed E-state index contributed by atoms with van der Waals surface area (Å²) in [6.45, 7) is 2.61. The lowest BCUT2D eigenvalue weighted by atomic mass is 9.98. The fraction of sp³-hybridized carbons (Fsp3) is 0.842. The Balaban J connectivity index is 1.28. The van der Waals surface area contributed by atoms with Gasteiger partial charge in [0.1, 0.15) is 0 Å². The van der Waals surface area contributed by atoms with Crippen LogP contribution in [0.25, 0.3) is 0 Å². The van der Waals surface area contributed by atoms with Crippen molar-refractivity contribution in [2.45, 2.75) is 82.7 Å². The molecule has 0 radical (unpaired) electrons. The Kier molecular flexibility index (Phi) is 5.22. The highest BCUT2D eigenvalue weighted by Gasteiger charge is 2.28. The molecule has 1 aliphatic heterocycles. The number of hydrogen-bond acceptors (Lipinski definition) is 3. The summed E-state index contributed by atoms with van der Waals surface area (Å²) in [7, 11) is 0. The van der Waals surface area contributed by atoms with E-state index in [4.69, 9.17) is 0 Å². The Bertz CT molecular complexity index is 574. The number of rotatable bonds is 4. The second kappa shape index (κ2) is 7.75. The fourth-order valence-corrected chi connectivity index (χ4v) is 4.32. The first kappa shape index (κ1) is 16.9. The van der Waals surface area contributed by atoms with Gasteiger partial charge in [-0.1, -0.05) is 30.9 Å². The van der Waals surface area contributed by atoms with E-state index < -0.39 is 0 Å². The minimum atomic E-state index is 0.147. The average Bonchev–Trinajstić information content (AvgIpc) is 3.41. The second-order valence-corrected chi connectivity index (χ2v) is 8.23. The van der Waals surface area contributed by atoms with Crippen LogP contribution < -0.4 is 5.32 Å². The molecule has 1 saturated heterocycles. The highest BCUT2D eigenvalue weighted by molar-refractivity contribution is 5.74. The molecule has 2 aliphatic carbocycles. The number of nitrogens with zero attached hydrogens (tertiary/aromatic N) is 4. The van der Waals surface area contributed by atoms with Crippen molar-refractivity contribution in [2.24, 2.45) is 5.92 Å². The third-order valence-electron chi connectivity index (χ3n) is 5.99. The highest BCUT2D eigenvalue weighted by atomic mass is 16.2. The largest absolute Gasteiger partial charge is 0.335 e. The molecule has 1 N–H and O–H groups in total. The Morgan fingerprint density at radius 1 is 1.08 bits per heavy atom. The molecule has 3 fully saturated rings. The van der Waals surface area contributed by atoms with E-state index >= 15 is 0 Å². The molecule has 0 bridgehead atoms. The summed E-state index contributed by atoms with van der Waals surface area (Å²) >= 11 is 0. The van der Waals surface area contributed by atoms with Gasteiger partial charge in [0.05, 0.1) is 5.69 Å². The fourth-order valence-electron chi connectivity index (χ4n) is 4.32. The van der Waals surface area contributed by atoms with Gasteiger partial charge in [-0.05, 0) is 44.4 Å². The lowest BCUT2D eigenvalue weighted by molar-refractivity contribution is 0.153. The lowest BCUT2D eigenvalue weighted by Gasteiger charge is -2.33. The SMILES string of the molecule is O=C(NC1CCCCCC1)N1CCC[C@@H](Cn2cc(C3CC3)nn2)C1. The van der Waals surface area contributed by atoms with Crippen LogP contribution in [0.2, 0.25) is 0 Å². The Morgan fingerprint density at radius 3 is 2.64 bits per heavy atom. The number of hydrogen-bond donors (Lipinski definition) is 1. The molecule has 4 rings (SSSR count). The van der Waals surface area contributed by atoms with Gasteiger partial charge in [-0.25, -0.2) is 4.79 Å². The molecule has 138 valence electrons. The van der Waals surface area contributed by atoms with Gasteiger partial charge in [0.2, 0.25) is 0 Å². The molecule has 6 nitrogen and oxygen atoms in total. The standard InChI is InChI=1S/C19H31N5O/c25-19(20-17-7-3-1-2-4-8-17)23-11-5-6-15(12-23)13-24-14-18(21-22-24)16-9-10-16/h14-17H,1-13H2,(H,20,25)/t15-/m1/s1. The zero-order valence-corrected chi connectivity index (χ0v) is 15.2. The number of carbonyl (C=O) groups excluding carboxylic acids is 1. The van der Waals surface area contributed by atoms with Crippen LogP contribution in [0.3, 0.4) is 0 Å². The summed E-state index contributed by atoms with van der Waals surface area (Å²) in [6.07, 6.45) is 14.3. The van der Waals surface area contributed by atoms with Crippen molar-refractivity contribution in [1.82, 2.24) is 25.2 Å². The highest BCUT2D eigenvalue weighted by Crippen LogP contribution is 2.38. The first-order valence-corrected chi connectivity index (χ1v) is 10.2. The first-order valence-electron chi connectivity index (χ1n) is 10.2. The average molecular weight is 345 g/mol. The molecule has 2 amide bonds. The van der Waals surface area contributed by atoms with Crippen LogP contribution in [0.5, 0.6) is 0 Å². The van der Waals surface area contributed by atoms with Crippen LogP contribution in [-0.4, -0.2) is 45.1 Å². The van der Waals surface area contributed by atoms with Gasteiger partial charge in [0.15, 0.2) is 0 Å². The summed E-state index contributed by atoms with van der Waals surface area (Å²) in [5.41, 5.74) is 1.15. The molecule has 1 atom stereocenters. The minimum Gasteiger partial charge on any atom is -0.335 e. The Hall–Kier alpha value is -1.59. The minimum absolute atomic E-state index is 0.147. The molecule has 1 aromatic rings. The molecule has 0 unspecified atom stereocenters. The number of nitrogens with one attached hydrogen (secondary N) is 1. The smallest absolute Gasteiger partial charge is 0.317 e. The first-order chi connectivity index (χ1) is 12.3. The van der Waals surface area contributed by atoms with Crippen LogP contribution in [0.4, 0.5) is 4.79 Å². The van der Waals surface area contributed by atoms with Crippen molar-refractivity contribution in [3.05, 3.63) is 11.9 Å². The number of piperidine rings is 1. The molecule has 2 saturated carbocycles. The van der Waals surface area contributed by atoms with E-state index in [0.29, 0.717) is 17.9 Å². The van der Waals surface area contributed by atoms with E-state index in [-0.39, 0.29) is 6.03 Å². The van der Waals surface area contributed by atoms with E-state index in [1.165, 1.54) is 44.9 Å². The third kappa shape index (κ3) is 4.53. The number of carbonyl (C=O) groups is 1. The maximum atomic E-state index is 12.7. The number of likely N-dealkylation sites (tertiary alicyclic amines) is 1. The maximum absolute atomic E-state index is 12.7. The van der Waals surface area contributed by atoms with Crippen molar-refractivity contribution >= 4 is 6.03 Å². The molecular formula is C19H31N5O. The van der Waals surface area contributed by atoms with Crippen LogP contribution in [0, 0.1) is 5.92 Å². The molecule has 2 heterocycles. The topological polar surface area (TPSA) is 63.1 Å². The molecular weight excluding hydrogens is 314 g/mol.